The van der Waals surface area contributed by atoms with Gasteiger partial charge in [-0.3, -0.25) is 0 Å². The highest BCUT2D eigenvalue weighted by Crippen LogP contribution is 2.43. The van der Waals surface area contributed by atoms with Gasteiger partial charge in [-0.15, -0.1) is 0 Å². The van der Waals surface area contributed by atoms with Crippen molar-refractivity contribution in [3.8, 4) is 11.5 Å². The fraction of sp³-hybridized carbons (Fsp3) is 0.500. The molecule has 0 saturated carbocycles. The molecule has 3 rings (SSSR count). The summed E-state index contributed by atoms with van der Waals surface area (Å²) >= 11 is 0. The van der Waals surface area contributed by atoms with Gasteiger partial charge in [0, 0.05) is 22.9 Å². The monoisotopic (exact) mass is 430 g/mol. The molecule has 30 heavy (non-hydrogen) atoms. The highest BCUT2D eigenvalue weighted by atomic mass is 32.2. The van der Waals surface area contributed by atoms with Gasteiger partial charge in [-0.05, 0) is 86.9 Å². The van der Waals surface area contributed by atoms with Gasteiger partial charge in [-0.1, -0.05) is 13.8 Å². The number of benzene rings is 2. The minimum atomic E-state index is -1.20. The van der Waals surface area contributed by atoms with E-state index in [4.69, 9.17) is 9.47 Å². The summed E-state index contributed by atoms with van der Waals surface area (Å²) < 4.78 is 26.5. The Labute approximate surface area is 182 Å². The molecule has 164 valence electrons. The van der Waals surface area contributed by atoms with Gasteiger partial charge in [0.15, 0.2) is 9.40 Å². The van der Waals surface area contributed by atoms with E-state index < -0.39 is 10.8 Å². The van der Waals surface area contributed by atoms with Crippen LogP contribution in [0.4, 0.5) is 0 Å². The van der Waals surface area contributed by atoms with Crippen LogP contribution in [0.5, 0.6) is 11.5 Å². The van der Waals surface area contributed by atoms with Crippen LogP contribution in [-0.2, 0) is 0 Å². The summed E-state index contributed by atoms with van der Waals surface area (Å²) in [4.78, 5) is 0. The van der Waals surface area contributed by atoms with Crippen LogP contribution in [-0.4, -0.2) is 43.9 Å². The minimum Gasteiger partial charge on any atom is -0.590 e. The lowest BCUT2D eigenvalue weighted by Crippen LogP contribution is -2.18. The smallest absolute Gasteiger partial charge is 0.184 e. The maximum atomic E-state index is 13.1. The SMILES string of the molecule is CCCNCCCOc1ccc2c3ccc(OCCCNCCC)cc3[s+]([O-])c2c1. The molecule has 0 unspecified atom stereocenters. The average Bonchev–Trinajstić information content (AvgIpc) is 3.04. The van der Waals surface area contributed by atoms with Gasteiger partial charge in [-0.2, -0.15) is 0 Å². The highest BCUT2D eigenvalue weighted by Gasteiger charge is 2.17. The molecule has 0 aliphatic rings. The zero-order valence-corrected chi connectivity index (χ0v) is 19.0. The molecule has 2 aromatic carbocycles. The molecule has 5 nitrogen and oxygen atoms in total. The number of rotatable bonds is 14. The Hall–Kier alpha value is -1.86. The molecule has 3 aromatic rings. The number of ether oxygens (including phenoxy) is 2. The van der Waals surface area contributed by atoms with Crippen LogP contribution in [0, 0.1) is 0 Å². The quantitative estimate of drug-likeness (QED) is 0.270. The predicted molar refractivity (Wildman–Crippen MR) is 127 cm³/mol. The first-order chi connectivity index (χ1) is 14.7. The van der Waals surface area contributed by atoms with Crippen molar-refractivity contribution in [1.29, 1.82) is 0 Å². The molecule has 0 saturated heterocycles. The molecule has 0 aliphatic carbocycles. The average molecular weight is 431 g/mol. The molecule has 0 fully saturated rings. The first kappa shape index (κ1) is 22.8. The summed E-state index contributed by atoms with van der Waals surface area (Å²) in [5, 5.41) is 8.79. The normalized spacial score (nSPS) is 11.4. The second kappa shape index (κ2) is 12.1. The van der Waals surface area contributed by atoms with E-state index in [1.54, 1.807) is 0 Å². The van der Waals surface area contributed by atoms with Crippen LogP contribution < -0.4 is 20.1 Å². The first-order valence-corrected chi connectivity index (χ1v) is 12.3. The molecule has 0 amide bonds. The predicted octanol–water partition coefficient (Wildman–Crippen LogP) is 5.26. The van der Waals surface area contributed by atoms with Crippen LogP contribution in [0.1, 0.15) is 39.5 Å². The molecule has 0 spiro atoms. The van der Waals surface area contributed by atoms with Gasteiger partial charge in [-0.25, -0.2) is 0 Å². The van der Waals surface area contributed by atoms with E-state index in [0.717, 1.165) is 83.5 Å². The highest BCUT2D eigenvalue weighted by molar-refractivity contribution is 7.37. The second-order valence-electron chi connectivity index (χ2n) is 7.49. The number of hydrogen-bond acceptors (Lipinski definition) is 5. The number of fused-ring (bicyclic) bond motifs is 3. The third kappa shape index (κ3) is 6.08. The summed E-state index contributed by atoms with van der Waals surface area (Å²) in [6, 6.07) is 11.8. The number of nitrogens with one attached hydrogen (secondary N) is 2. The summed E-state index contributed by atoms with van der Waals surface area (Å²) in [6.45, 7) is 9.61. The van der Waals surface area contributed by atoms with Gasteiger partial charge < -0.3 is 24.7 Å². The molecular formula is C24H34N2O3S. The van der Waals surface area contributed by atoms with E-state index in [2.05, 4.69) is 24.5 Å². The van der Waals surface area contributed by atoms with E-state index in [1.165, 1.54) is 0 Å². The topological polar surface area (TPSA) is 65.6 Å². The Kier molecular flexibility index (Phi) is 9.21. The van der Waals surface area contributed by atoms with Crippen molar-refractivity contribution in [2.45, 2.75) is 39.5 Å². The summed E-state index contributed by atoms with van der Waals surface area (Å²) in [7, 11) is -1.20. The molecule has 0 radical (unpaired) electrons. The lowest BCUT2D eigenvalue weighted by Gasteiger charge is -2.06. The third-order valence-electron chi connectivity index (χ3n) is 4.98. The van der Waals surface area contributed by atoms with Gasteiger partial charge in [0.25, 0.3) is 0 Å². The number of hydrogen-bond donors (Lipinski definition) is 2. The lowest BCUT2D eigenvalue weighted by molar-refractivity contribution is 0.308. The fourth-order valence-corrected chi connectivity index (χ4v) is 4.87. The first-order valence-electron chi connectivity index (χ1n) is 11.1. The van der Waals surface area contributed by atoms with Gasteiger partial charge in [0.1, 0.15) is 11.5 Å². The van der Waals surface area contributed by atoms with Crippen LogP contribution in [0.2, 0.25) is 0 Å². The molecular weight excluding hydrogens is 396 g/mol. The van der Waals surface area contributed by atoms with Crippen LogP contribution in [0.15, 0.2) is 36.4 Å². The Bertz CT molecular complexity index is 852. The van der Waals surface area contributed by atoms with Crippen molar-refractivity contribution in [3.63, 3.8) is 0 Å². The van der Waals surface area contributed by atoms with Crippen molar-refractivity contribution in [1.82, 2.24) is 10.6 Å². The lowest BCUT2D eigenvalue weighted by atomic mass is 10.1. The van der Waals surface area contributed by atoms with Crippen LogP contribution in [0.3, 0.4) is 0 Å². The zero-order chi connectivity index (χ0) is 21.2. The van der Waals surface area contributed by atoms with Crippen molar-refractivity contribution in [3.05, 3.63) is 36.4 Å². The molecule has 0 atom stereocenters. The fourth-order valence-electron chi connectivity index (χ4n) is 3.43. The van der Waals surface area contributed by atoms with E-state index >= 15 is 0 Å². The largest absolute Gasteiger partial charge is 0.590 e. The maximum Gasteiger partial charge on any atom is 0.184 e. The molecule has 1 heterocycles. The van der Waals surface area contributed by atoms with Gasteiger partial charge >= 0.3 is 0 Å². The molecule has 0 bridgehead atoms. The summed E-state index contributed by atoms with van der Waals surface area (Å²) in [6.07, 6.45) is 4.19. The summed E-state index contributed by atoms with van der Waals surface area (Å²) in [5.74, 6) is 1.56. The Morgan fingerprint density at radius 2 is 1.20 bits per heavy atom. The van der Waals surface area contributed by atoms with Crippen molar-refractivity contribution in [2.75, 3.05) is 39.4 Å². The summed E-state index contributed by atoms with van der Waals surface area (Å²) in [5.41, 5.74) is 0. The van der Waals surface area contributed by atoms with Crippen LogP contribution in [0.25, 0.3) is 20.2 Å². The van der Waals surface area contributed by atoms with E-state index in [0.29, 0.717) is 13.2 Å². The van der Waals surface area contributed by atoms with Crippen molar-refractivity contribution in [2.24, 2.45) is 0 Å². The maximum absolute atomic E-state index is 13.1. The molecule has 6 heteroatoms. The third-order valence-corrected chi connectivity index (χ3v) is 6.46. The second-order valence-corrected chi connectivity index (χ2v) is 8.91. The van der Waals surface area contributed by atoms with Gasteiger partial charge in [0.05, 0.1) is 13.2 Å². The molecule has 0 aliphatic heterocycles. The van der Waals surface area contributed by atoms with E-state index in [1.807, 2.05) is 36.4 Å². The molecule has 2 N–H and O–H groups in total. The van der Waals surface area contributed by atoms with Crippen molar-refractivity contribution >= 4 is 30.9 Å². The number of thiophene rings is 1. The van der Waals surface area contributed by atoms with Crippen molar-refractivity contribution < 1.29 is 14.0 Å². The Morgan fingerprint density at radius 1 is 0.733 bits per heavy atom. The zero-order valence-electron chi connectivity index (χ0n) is 18.2. The van der Waals surface area contributed by atoms with Crippen LogP contribution >= 0.6 is 10.8 Å². The molecule has 1 aromatic heterocycles. The van der Waals surface area contributed by atoms with Gasteiger partial charge in [0.2, 0.25) is 0 Å². The standard InChI is InChI=1S/C24H34N2O3S/c1-3-11-25-13-5-15-28-19-7-9-21-22-10-8-20(29-16-6-14-26-12-4-2)18-24(22)30(27)23(21)17-19/h7-10,17-18,25-26H,3-6,11-16H2,1-2H3. The Morgan fingerprint density at radius 3 is 1.63 bits per heavy atom. The Balaban J connectivity index is 1.63. The van der Waals surface area contributed by atoms with E-state index in [9.17, 15) is 4.55 Å². The van der Waals surface area contributed by atoms with E-state index in [-0.39, 0.29) is 0 Å². The minimum absolute atomic E-state index is 0.653.